The van der Waals surface area contributed by atoms with Gasteiger partial charge < -0.3 is 4.90 Å². The lowest BCUT2D eigenvalue weighted by molar-refractivity contribution is -0.137. The van der Waals surface area contributed by atoms with Crippen molar-refractivity contribution in [2.24, 2.45) is 11.3 Å². The highest BCUT2D eigenvalue weighted by molar-refractivity contribution is 5.78. The molecule has 0 aromatic carbocycles. The van der Waals surface area contributed by atoms with Gasteiger partial charge in [0.25, 0.3) is 0 Å². The number of amides is 1. The van der Waals surface area contributed by atoms with Gasteiger partial charge in [-0.3, -0.25) is 4.79 Å². The van der Waals surface area contributed by atoms with Crippen LogP contribution in [0.15, 0.2) is 0 Å². The quantitative estimate of drug-likeness (QED) is 0.736. The molecule has 16 heavy (non-hydrogen) atoms. The molecule has 0 radical (unpaired) electrons. The molecule has 1 amide bonds. The molecule has 1 fully saturated rings. The highest BCUT2D eigenvalue weighted by Gasteiger charge is 2.32. The molecule has 1 saturated heterocycles. The van der Waals surface area contributed by atoms with Crippen molar-refractivity contribution in [3.05, 3.63) is 0 Å². The highest BCUT2D eigenvalue weighted by atomic mass is 16.2. The Morgan fingerprint density at radius 1 is 1.50 bits per heavy atom. The average Bonchev–Trinajstić information content (AvgIpc) is 2.29. The number of hydrogen-bond acceptors (Lipinski definition) is 2. The Bertz CT molecular complexity index is 285. The monoisotopic (exact) mass is 222 g/mol. The van der Waals surface area contributed by atoms with Gasteiger partial charge >= 0.3 is 0 Å². The first-order valence-electron chi connectivity index (χ1n) is 6.22. The standard InChI is InChI=1S/C13H22N2O/c1-4-5-11(2)12(16)15-8-6-13(3,10-14)7-9-15/h11H,4-9H2,1-3H3. The summed E-state index contributed by atoms with van der Waals surface area (Å²) < 4.78 is 0. The summed E-state index contributed by atoms with van der Waals surface area (Å²) in [5, 5.41) is 9.02. The summed E-state index contributed by atoms with van der Waals surface area (Å²) in [6.07, 6.45) is 3.64. The van der Waals surface area contributed by atoms with E-state index in [0.717, 1.165) is 38.8 Å². The molecular formula is C13H22N2O. The minimum Gasteiger partial charge on any atom is -0.342 e. The maximum Gasteiger partial charge on any atom is 0.225 e. The minimum atomic E-state index is -0.217. The topological polar surface area (TPSA) is 44.1 Å². The number of hydrogen-bond donors (Lipinski definition) is 0. The van der Waals surface area contributed by atoms with Gasteiger partial charge in [-0.25, -0.2) is 0 Å². The second-order valence-electron chi connectivity index (χ2n) is 5.19. The van der Waals surface area contributed by atoms with E-state index < -0.39 is 0 Å². The number of nitriles is 1. The van der Waals surface area contributed by atoms with Gasteiger partial charge in [0.1, 0.15) is 0 Å². The second kappa shape index (κ2) is 5.34. The molecule has 1 aliphatic heterocycles. The Morgan fingerprint density at radius 2 is 2.06 bits per heavy atom. The van der Waals surface area contributed by atoms with E-state index in [1.165, 1.54) is 0 Å². The van der Waals surface area contributed by atoms with E-state index in [4.69, 9.17) is 5.26 Å². The SMILES string of the molecule is CCCC(C)C(=O)N1CCC(C)(C#N)CC1. The van der Waals surface area contributed by atoms with E-state index in [9.17, 15) is 4.79 Å². The maximum atomic E-state index is 12.0. The number of carbonyl (C=O) groups excluding carboxylic acids is 1. The van der Waals surface area contributed by atoms with E-state index in [1.807, 2.05) is 18.7 Å². The molecule has 1 unspecified atom stereocenters. The fraction of sp³-hybridized carbons (Fsp3) is 0.846. The third-order valence-electron chi connectivity index (χ3n) is 3.59. The summed E-state index contributed by atoms with van der Waals surface area (Å²) in [6, 6.07) is 2.36. The molecule has 0 saturated carbocycles. The molecule has 1 aliphatic rings. The van der Waals surface area contributed by atoms with Crippen LogP contribution < -0.4 is 0 Å². The van der Waals surface area contributed by atoms with E-state index in [2.05, 4.69) is 13.0 Å². The molecule has 0 N–H and O–H groups in total. The van der Waals surface area contributed by atoms with Gasteiger partial charge in [0.15, 0.2) is 0 Å². The highest BCUT2D eigenvalue weighted by Crippen LogP contribution is 2.30. The van der Waals surface area contributed by atoms with Crippen LogP contribution in [0.1, 0.15) is 46.5 Å². The smallest absolute Gasteiger partial charge is 0.225 e. The molecule has 1 rings (SSSR count). The lowest BCUT2D eigenvalue weighted by Gasteiger charge is -2.36. The minimum absolute atomic E-state index is 0.136. The van der Waals surface area contributed by atoms with Crippen molar-refractivity contribution in [2.45, 2.75) is 46.5 Å². The average molecular weight is 222 g/mol. The van der Waals surface area contributed by atoms with Crippen molar-refractivity contribution >= 4 is 5.91 Å². The summed E-state index contributed by atoms with van der Waals surface area (Å²) in [6.45, 7) is 7.59. The van der Waals surface area contributed by atoms with Crippen LogP contribution in [0.5, 0.6) is 0 Å². The fourth-order valence-corrected chi connectivity index (χ4v) is 2.20. The summed E-state index contributed by atoms with van der Waals surface area (Å²) in [4.78, 5) is 14.0. The van der Waals surface area contributed by atoms with Gasteiger partial charge in [0, 0.05) is 19.0 Å². The van der Waals surface area contributed by atoms with Gasteiger partial charge in [0.05, 0.1) is 11.5 Å². The van der Waals surface area contributed by atoms with Crippen LogP contribution in [-0.2, 0) is 4.79 Å². The largest absolute Gasteiger partial charge is 0.342 e. The summed E-state index contributed by atoms with van der Waals surface area (Å²) in [7, 11) is 0. The zero-order valence-corrected chi connectivity index (χ0v) is 10.6. The first-order valence-corrected chi connectivity index (χ1v) is 6.22. The van der Waals surface area contributed by atoms with Crippen molar-refractivity contribution in [2.75, 3.05) is 13.1 Å². The van der Waals surface area contributed by atoms with E-state index >= 15 is 0 Å². The Kier molecular flexibility index (Phi) is 4.35. The Hall–Kier alpha value is -1.04. The Balaban J connectivity index is 2.48. The predicted molar refractivity (Wildman–Crippen MR) is 63.6 cm³/mol. The molecule has 1 heterocycles. The molecule has 90 valence electrons. The van der Waals surface area contributed by atoms with Crippen LogP contribution in [0, 0.1) is 22.7 Å². The summed E-state index contributed by atoms with van der Waals surface area (Å²) in [5.41, 5.74) is -0.217. The maximum absolute atomic E-state index is 12.0. The number of carbonyl (C=O) groups is 1. The predicted octanol–water partition coefficient (Wildman–Crippen LogP) is 2.57. The first-order chi connectivity index (χ1) is 7.52. The van der Waals surface area contributed by atoms with Gasteiger partial charge in [0.2, 0.25) is 5.91 Å². The number of nitrogens with zero attached hydrogens (tertiary/aromatic N) is 2. The van der Waals surface area contributed by atoms with E-state index in [-0.39, 0.29) is 17.2 Å². The zero-order chi connectivity index (χ0) is 12.2. The second-order valence-corrected chi connectivity index (χ2v) is 5.19. The van der Waals surface area contributed by atoms with Crippen LogP contribution in [0.3, 0.4) is 0 Å². The molecule has 0 bridgehead atoms. The molecule has 1 atom stereocenters. The zero-order valence-electron chi connectivity index (χ0n) is 10.6. The summed E-state index contributed by atoms with van der Waals surface area (Å²) in [5.74, 6) is 0.401. The third kappa shape index (κ3) is 2.98. The molecule has 0 aromatic rings. The van der Waals surface area contributed by atoms with E-state index in [1.54, 1.807) is 0 Å². The molecule has 3 heteroatoms. The van der Waals surface area contributed by atoms with Crippen LogP contribution in [-0.4, -0.2) is 23.9 Å². The molecule has 0 aromatic heterocycles. The molecule has 3 nitrogen and oxygen atoms in total. The number of rotatable bonds is 3. The van der Waals surface area contributed by atoms with Crippen molar-refractivity contribution < 1.29 is 4.79 Å². The van der Waals surface area contributed by atoms with Crippen LogP contribution in [0.4, 0.5) is 0 Å². The van der Waals surface area contributed by atoms with Gasteiger partial charge in [-0.1, -0.05) is 20.3 Å². The number of piperidine rings is 1. The fourth-order valence-electron chi connectivity index (χ4n) is 2.20. The number of likely N-dealkylation sites (tertiary alicyclic amines) is 1. The third-order valence-corrected chi connectivity index (χ3v) is 3.59. The molecule has 0 aliphatic carbocycles. The van der Waals surface area contributed by atoms with Gasteiger partial charge in [-0.05, 0) is 26.2 Å². The molecule has 0 spiro atoms. The van der Waals surface area contributed by atoms with Crippen molar-refractivity contribution in [1.82, 2.24) is 4.90 Å². The van der Waals surface area contributed by atoms with Crippen molar-refractivity contribution in [3.8, 4) is 6.07 Å². The van der Waals surface area contributed by atoms with Crippen LogP contribution in [0.2, 0.25) is 0 Å². The van der Waals surface area contributed by atoms with Gasteiger partial charge in [-0.15, -0.1) is 0 Å². The van der Waals surface area contributed by atoms with Crippen LogP contribution in [0.25, 0.3) is 0 Å². The normalized spacial score (nSPS) is 21.2. The van der Waals surface area contributed by atoms with Crippen molar-refractivity contribution in [3.63, 3.8) is 0 Å². The lowest BCUT2D eigenvalue weighted by Crippen LogP contribution is -2.43. The molecular weight excluding hydrogens is 200 g/mol. The van der Waals surface area contributed by atoms with Crippen molar-refractivity contribution in [1.29, 1.82) is 5.26 Å². The lowest BCUT2D eigenvalue weighted by atomic mass is 9.81. The van der Waals surface area contributed by atoms with Crippen LogP contribution >= 0.6 is 0 Å². The van der Waals surface area contributed by atoms with E-state index in [0.29, 0.717) is 0 Å². The summed E-state index contributed by atoms with van der Waals surface area (Å²) >= 11 is 0. The first kappa shape index (κ1) is 13.0. The van der Waals surface area contributed by atoms with Gasteiger partial charge in [-0.2, -0.15) is 5.26 Å². The Morgan fingerprint density at radius 3 is 2.50 bits per heavy atom. The Labute approximate surface area is 98.4 Å².